The average molecular weight is 354 g/mol. The average Bonchev–Trinajstić information content (AvgIpc) is 2.68. The van der Waals surface area contributed by atoms with Crippen LogP contribution in [0.5, 0.6) is 0 Å². The van der Waals surface area contributed by atoms with Gasteiger partial charge in [0.2, 0.25) is 0 Å². The van der Waals surface area contributed by atoms with Gasteiger partial charge in [-0.1, -0.05) is 75.9 Å². The number of aryl methyl sites for hydroxylation is 2. The Bertz CT molecular complexity index is 681. The van der Waals surface area contributed by atoms with Crippen LogP contribution in [0, 0.1) is 0 Å². The zero-order valence-corrected chi connectivity index (χ0v) is 16.1. The molecule has 0 aliphatic carbocycles. The molecule has 2 rings (SSSR count). The van der Waals surface area contributed by atoms with E-state index in [1.165, 1.54) is 43.2 Å². The van der Waals surface area contributed by atoms with Crippen LogP contribution in [0.25, 0.3) is 0 Å². The number of hydrogen-bond acceptors (Lipinski definition) is 3. The summed E-state index contributed by atoms with van der Waals surface area (Å²) < 4.78 is 0. The molecule has 0 aliphatic rings. The predicted octanol–water partition coefficient (Wildman–Crippen LogP) is 5.62. The highest BCUT2D eigenvalue weighted by atomic mass is 16.7. The lowest BCUT2D eigenvalue weighted by molar-refractivity contribution is 0.0237. The van der Waals surface area contributed by atoms with E-state index in [2.05, 4.69) is 37.5 Å². The monoisotopic (exact) mass is 353 g/mol. The molecule has 140 valence electrons. The third kappa shape index (κ3) is 7.01. The van der Waals surface area contributed by atoms with E-state index in [4.69, 9.17) is 4.84 Å². The Morgan fingerprint density at radius 1 is 0.885 bits per heavy atom. The fraction of sp³-hybridized carbons (Fsp3) is 0.435. The Morgan fingerprint density at radius 3 is 2.42 bits per heavy atom. The van der Waals surface area contributed by atoms with E-state index in [1.807, 2.05) is 30.3 Å². The van der Waals surface area contributed by atoms with Crippen LogP contribution < -0.4 is 5.48 Å². The minimum Gasteiger partial charge on any atom is -0.366 e. The van der Waals surface area contributed by atoms with Crippen LogP contribution in [0.3, 0.4) is 0 Å². The third-order valence-corrected chi connectivity index (χ3v) is 4.57. The number of unbranched alkanes of at least 4 members (excludes halogenated alkanes) is 4. The van der Waals surface area contributed by atoms with E-state index >= 15 is 0 Å². The molecule has 0 spiro atoms. The Kier molecular flexibility index (Phi) is 8.91. The number of carbonyl (C=O) groups excluding carboxylic acids is 1. The minimum absolute atomic E-state index is 0.329. The van der Waals surface area contributed by atoms with Crippen molar-refractivity contribution in [3.63, 3.8) is 0 Å². The van der Waals surface area contributed by atoms with Gasteiger partial charge in [-0.2, -0.15) is 0 Å². The first-order chi connectivity index (χ1) is 12.7. The molecule has 0 unspecified atom stereocenters. The molecule has 26 heavy (non-hydrogen) atoms. The van der Waals surface area contributed by atoms with Gasteiger partial charge < -0.3 is 4.84 Å². The van der Waals surface area contributed by atoms with Gasteiger partial charge in [0.05, 0.1) is 12.1 Å². The van der Waals surface area contributed by atoms with Gasteiger partial charge in [0, 0.05) is 0 Å². The van der Waals surface area contributed by atoms with Crippen molar-refractivity contribution in [1.29, 1.82) is 0 Å². The van der Waals surface area contributed by atoms with Crippen LogP contribution >= 0.6 is 0 Å². The van der Waals surface area contributed by atoms with Crippen LogP contribution in [0.1, 0.15) is 73.0 Å². The molecule has 0 aromatic heterocycles. The summed E-state index contributed by atoms with van der Waals surface area (Å²) in [5.74, 6) is -0.329. The smallest absolute Gasteiger partial charge is 0.356 e. The first-order valence-electron chi connectivity index (χ1n) is 9.83. The van der Waals surface area contributed by atoms with Crippen molar-refractivity contribution in [2.75, 3.05) is 0 Å². The molecule has 3 heteroatoms. The van der Waals surface area contributed by atoms with Crippen molar-refractivity contribution >= 4 is 5.97 Å². The molecule has 1 N–H and O–H groups in total. The highest BCUT2D eigenvalue weighted by Crippen LogP contribution is 2.12. The third-order valence-electron chi connectivity index (χ3n) is 4.57. The molecule has 0 saturated heterocycles. The summed E-state index contributed by atoms with van der Waals surface area (Å²) in [5, 5.41) is 0. The normalized spacial score (nSPS) is 10.7. The van der Waals surface area contributed by atoms with Gasteiger partial charge >= 0.3 is 5.97 Å². The first-order valence-corrected chi connectivity index (χ1v) is 9.83. The zero-order valence-electron chi connectivity index (χ0n) is 16.1. The molecule has 0 atom stereocenters. The van der Waals surface area contributed by atoms with Crippen LogP contribution in [0.2, 0.25) is 0 Å². The number of benzene rings is 2. The number of nitrogens with one attached hydrogen (secondary N) is 1. The summed E-state index contributed by atoms with van der Waals surface area (Å²) >= 11 is 0. The summed E-state index contributed by atoms with van der Waals surface area (Å²) in [6, 6.07) is 16.1. The molecular weight excluding hydrogens is 322 g/mol. The molecule has 3 nitrogen and oxygen atoms in total. The summed E-state index contributed by atoms with van der Waals surface area (Å²) in [6.07, 6.45) is 8.30. The second-order valence-electron chi connectivity index (χ2n) is 6.75. The van der Waals surface area contributed by atoms with Crippen LogP contribution in [0.4, 0.5) is 0 Å². The molecule has 2 aromatic carbocycles. The molecule has 2 aromatic rings. The largest absolute Gasteiger partial charge is 0.366 e. The highest BCUT2D eigenvalue weighted by molar-refractivity contribution is 5.89. The summed E-state index contributed by atoms with van der Waals surface area (Å²) in [7, 11) is 0. The Balaban J connectivity index is 1.78. The van der Waals surface area contributed by atoms with Gasteiger partial charge in [0.25, 0.3) is 0 Å². The van der Waals surface area contributed by atoms with Crippen molar-refractivity contribution in [3.8, 4) is 0 Å². The van der Waals surface area contributed by atoms with E-state index in [9.17, 15) is 4.79 Å². The van der Waals surface area contributed by atoms with Crippen LogP contribution in [0.15, 0.2) is 48.5 Å². The maximum Gasteiger partial charge on any atom is 0.356 e. The molecule has 0 aliphatic heterocycles. The standard InChI is InChI=1S/C23H31NO2/c1-3-5-6-7-8-11-20-13-10-15-22(17-20)23(25)26-24-18-21-14-9-12-19(4-2)16-21/h9-10,12-17,24H,3-8,11,18H2,1-2H3. The maximum absolute atomic E-state index is 12.2. The zero-order chi connectivity index (χ0) is 18.6. The fourth-order valence-corrected chi connectivity index (χ4v) is 2.99. The fourth-order valence-electron chi connectivity index (χ4n) is 2.99. The van der Waals surface area contributed by atoms with Gasteiger partial charge in [-0.15, -0.1) is 5.48 Å². The Labute approximate surface area is 157 Å². The molecule has 0 radical (unpaired) electrons. The molecule has 0 saturated carbocycles. The van der Waals surface area contributed by atoms with Crippen molar-refractivity contribution in [2.45, 2.75) is 65.3 Å². The topological polar surface area (TPSA) is 38.3 Å². The van der Waals surface area contributed by atoms with Gasteiger partial charge in [0.15, 0.2) is 0 Å². The van der Waals surface area contributed by atoms with Crippen molar-refractivity contribution in [2.24, 2.45) is 0 Å². The highest BCUT2D eigenvalue weighted by Gasteiger charge is 2.08. The molecule has 0 amide bonds. The van der Waals surface area contributed by atoms with E-state index in [0.717, 1.165) is 18.4 Å². The second-order valence-corrected chi connectivity index (χ2v) is 6.75. The van der Waals surface area contributed by atoms with Crippen molar-refractivity contribution in [3.05, 3.63) is 70.8 Å². The molecule has 0 fully saturated rings. The maximum atomic E-state index is 12.2. The van der Waals surface area contributed by atoms with Gasteiger partial charge in [-0.3, -0.25) is 0 Å². The lowest BCUT2D eigenvalue weighted by atomic mass is 10.0. The summed E-state index contributed by atoms with van der Waals surface area (Å²) in [5.41, 5.74) is 6.98. The van der Waals surface area contributed by atoms with E-state index < -0.39 is 0 Å². The van der Waals surface area contributed by atoms with Gasteiger partial charge in [-0.25, -0.2) is 4.79 Å². The van der Waals surface area contributed by atoms with E-state index in [1.54, 1.807) is 0 Å². The predicted molar refractivity (Wildman–Crippen MR) is 107 cm³/mol. The van der Waals surface area contributed by atoms with Crippen molar-refractivity contribution in [1.82, 2.24) is 5.48 Å². The number of carbonyl (C=O) groups is 1. The van der Waals surface area contributed by atoms with Crippen LogP contribution in [-0.2, 0) is 24.2 Å². The lowest BCUT2D eigenvalue weighted by Crippen LogP contribution is -2.19. The SMILES string of the molecule is CCCCCCCc1cccc(C(=O)ONCc2cccc(CC)c2)c1. The van der Waals surface area contributed by atoms with Gasteiger partial charge in [0.1, 0.15) is 0 Å². The molecule has 0 heterocycles. The quantitative estimate of drug-likeness (QED) is 0.421. The Morgan fingerprint density at radius 2 is 1.62 bits per heavy atom. The number of hydrogen-bond donors (Lipinski definition) is 1. The molecular formula is C23H31NO2. The number of rotatable bonds is 11. The summed E-state index contributed by atoms with van der Waals surface area (Å²) in [6.45, 7) is 4.86. The number of hydroxylamine groups is 1. The minimum atomic E-state index is -0.329. The van der Waals surface area contributed by atoms with Gasteiger partial charge in [-0.05, 0) is 48.1 Å². The second kappa shape index (κ2) is 11.5. The summed E-state index contributed by atoms with van der Waals surface area (Å²) in [4.78, 5) is 17.5. The van der Waals surface area contributed by atoms with Crippen molar-refractivity contribution < 1.29 is 9.63 Å². The Hall–Kier alpha value is -2.13. The van der Waals surface area contributed by atoms with E-state index in [0.29, 0.717) is 12.1 Å². The van der Waals surface area contributed by atoms with E-state index in [-0.39, 0.29) is 5.97 Å². The first kappa shape index (κ1) is 20.2. The molecule has 0 bridgehead atoms. The lowest BCUT2D eigenvalue weighted by Gasteiger charge is -2.08. The van der Waals surface area contributed by atoms with Crippen LogP contribution in [-0.4, -0.2) is 5.97 Å².